The molecule has 0 bridgehead atoms. The maximum atomic E-state index is 12.4. The van der Waals surface area contributed by atoms with Crippen LogP contribution in [0.5, 0.6) is 0 Å². The van der Waals surface area contributed by atoms with Crippen molar-refractivity contribution in [3.05, 3.63) is 77.6 Å². The number of rotatable bonds is 5. The Balaban J connectivity index is 1.43. The second-order valence-electron chi connectivity index (χ2n) is 7.20. The van der Waals surface area contributed by atoms with E-state index in [4.69, 9.17) is 0 Å². The van der Waals surface area contributed by atoms with Gasteiger partial charge in [0.25, 0.3) is 5.91 Å². The third-order valence-corrected chi connectivity index (χ3v) is 5.06. The van der Waals surface area contributed by atoms with Crippen LogP contribution in [0.25, 0.3) is 11.3 Å². The summed E-state index contributed by atoms with van der Waals surface area (Å²) in [6, 6.07) is 17.8. The summed E-state index contributed by atoms with van der Waals surface area (Å²) in [5.74, 6) is 0.899. The van der Waals surface area contributed by atoms with Crippen molar-refractivity contribution in [2.75, 3.05) is 18.0 Å². The van der Waals surface area contributed by atoms with Gasteiger partial charge in [-0.15, -0.1) is 0 Å². The molecule has 5 nitrogen and oxygen atoms in total. The Hall–Kier alpha value is -3.21. The zero-order chi connectivity index (χ0) is 19.3. The second kappa shape index (κ2) is 8.21. The van der Waals surface area contributed by atoms with Gasteiger partial charge < -0.3 is 10.2 Å². The van der Waals surface area contributed by atoms with Crippen molar-refractivity contribution < 1.29 is 4.79 Å². The Morgan fingerprint density at radius 3 is 2.57 bits per heavy atom. The van der Waals surface area contributed by atoms with Crippen LogP contribution in [0.2, 0.25) is 0 Å². The Bertz CT molecular complexity index is 962. The van der Waals surface area contributed by atoms with Crippen LogP contribution in [-0.2, 0) is 6.54 Å². The minimum Gasteiger partial charge on any atom is -0.357 e. The van der Waals surface area contributed by atoms with Crippen molar-refractivity contribution in [3.8, 4) is 11.3 Å². The molecule has 5 heteroatoms. The highest BCUT2D eigenvalue weighted by Crippen LogP contribution is 2.23. The van der Waals surface area contributed by atoms with Crippen LogP contribution < -0.4 is 10.2 Å². The number of hydrogen-bond acceptors (Lipinski definition) is 4. The highest BCUT2D eigenvalue weighted by atomic mass is 16.1. The van der Waals surface area contributed by atoms with E-state index in [1.807, 2.05) is 55.5 Å². The van der Waals surface area contributed by atoms with Crippen molar-refractivity contribution in [1.82, 2.24) is 15.3 Å². The molecule has 1 aromatic heterocycles. The summed E-state index contributed by atoms with van der Waals surface area (Å²) in [6.45, 7) is 4.67. The topological polar surface area (TPSA) is 58.1 Å². The zero-order valence-electron chi connectivity index (χ0n) is 16.1. The summed E-state index contributed by atoms with van der Waals surface area (Å²) >= 11 is 0. The Morgan fingerprint density at radius 2 is 1.82 bits per heavy atom. The van der Waals surface area contributed by atoms with Gasteiger partial charge in [-0.25, -0.2) is 9.97 Å². The van der Waals surface area contributed by atoms with Gasteiger partial charge in [0.1, 0.15) is 12.1 Å². The number of aromatic nitrogens is 2. The molecular weight excluding hydrogens is 348 g/mol. The summed E-state index contributed by atoms with van der Waals surface area (Å²) in [6.07, 6.45) is 4.04. The fraction of sp³-hybridized carbons (Fsp3) is 0.261. The maximum Gasteiger partial charge on any atom is 0.251 e. The van der Waals surface area contributed by atoms with Crippen LogP contribution in [0.1, 0.15) is 34.3 Å². The highest BCUT2D eigenvalue weighted by Gasteiger charge is 2.14. The summed E-state index contributed by atoms with van der Waals surface area (Å²) < 4.78 is 0. The molecule has 1 saturated heterocycles. The SMILES string of the molecule is Cc1cccc(CNC(=O)c2ccc(-c3cc(N4CCCC4)ncn3)cc2)c1. The number of anilines is 1. The van der Waals surface area contributed by atoms with Crippen LogP contribution in [0.3, 0.4) is 0 Å². The fourth-order valence-electron chi connectivity index (χ4n) is 3.52. The minimum absolute atomic E-state index is 0.0755. The lowest BCUT2D eigenvalue weighted by Gasteiger charge is -2.16. The second-order valence-corrected chi connectivity index (χ2v) is 7.20. The molecule has 1 aliphatic rings. The van der Waals surface area contributed by atoms with Crippen molar-refractivity contribution in [2.45, 2.75) is 26.3 Å². The van der Waals surface area contributed by atoms with Crippen LogP contribution in [0.4, 0.5) is 5.82 Å². The van der Waals surface area contributed by atoms with Gasteiger partial charge in [-0.3, -0.25) is 4.79 Å². The van der Waals surface area contributed by atoms with Crippen molar-refractivity contribution >= 4 is 11.7 Å². The predicted molar refractivity (Wildman–Crippen MR) is 111 cm³/mol. The first-order chi connectivity index (χ1) is 13.7. The molecule has 2 aromatic carbocycles. The van der Waals surface area contributed by atoms with E-state index in [-0.39, 0.29) is 5.91 Å². The molecule has 1 fully saturated rings. The monoisotopic (exact) mass is 372 g/mol. The number of hydrogen-bond donors (Lipinski definition) is 1. The van der Waals surface area contributed by atoms with Crippen LogP contribution in [0.15, 0.2) is 60.9 Å². The van der Waals surface area contributed by atoms with Gasteiger partial charge in [-0.05, 0) is 37.5 Å². The predicted octanol–water partition coefficient (Wildman–Crippen LogP) is 3.98. The minimum atomic E-state index is -0.0755. The van der Waals surface area contributed by atoms with Crippen molar-refractivity contribution in [2.24, 2.45) is 0 Å². The normalized spacial score (nSPS) is 13.5. The van der Waals surface area contributed by atoms with E-state index >= 15 is 0 Å². The molecule has 0 saturated carbocycles. The first-order valence-corrected chi connectivity index (χ1v) is 9.70. The third-order valence-electron chi connectivity index (χ3n) is 5.06. The largest absolute Gasteiger partial charge is 0.357 e. The molecule has 3 aromatic rings. The molecule has 1 N–H and O–H groups in total. The molecule has 1 amide bonds. The van der Waals surface area contributed by atoms with Gasteiger partial charge in [0.15, 0.2) is 0 Å². The number of aryl methyl sites for hydroxylation is 1. The molecule has 142 valence electrons. The molecule has 0 atom stereocenters. The van der Waals surface area contributed by atoms with E-state index < -0.39 is 0 Å². The number of nitrogens with one attached hydrogen (secondary N) is 1. The molecule has 0 spiro atoms. The summed E-state index contributed by atoms with van der Waals surface area (Å²) in [5.41, 5.74) is 4.79. The lowest BCUT2D eigenvalue weighted by atomic mass is 10.1. The smallest absolute Gasteiger partial charge is 0.251 e. The highest BCUT2D eigenvalue weighted by molar-refractivity contribution is 5.94. The molecular formula is C23H24N4O. The van der Waals surface area contributed by atoms with Gasteiger partial charge in [0.2, 0.25) is 0 Å². The molecule has 1 aliphatic heterocycles. The number of nitrogens with zero attached hydrogens (tertiary/aromatic N) is 3. The molecule has 28 heavy (non-hydrogen) atoms. The van der Waals surface area contributed by atoms with Crippen LogP contribution in [-0.4, -0.2) is 29.0 Å². The first kappa shape index (κ1) is 18.2. The summed E-state index contributed by atoms with van der Waals surface area (Å²) in [7, 11) is 0. The van der Waals surface area contributed by atoms with Gasteiger partial charge in [0.05, 0.1) is 5.69 Å². The van der Waals surface area contributed by atoms with E-state index in [1.54, 1.807) is 6.33 Å². The van der Waals surface area contributed by atoms with Gasteiger partial charge in [0, 0.05) is 36.8 Å². The molecule has 4 rings (SSSR count). The van der Waals surface area contributed by atoms with E-state index in [9.17, 15) is 4.79 Å². The Morgan fingerprint density at radius 1 is 1.04 bits per heavy atom. The third kappa shape index (κ3) is 4.19. The van der Waals surface area contributed by atoms with E-state index in [0.717, 1.165) is 35.7 Å². The Kier molecular flexibility index (Phi) is 5.33. The molecule has 2 heterocycles. The van der Waals surface area contributed by atoms with Gasteiger partial charge >= 0.3 is 0 Å². The number of carbonyl (C=O) groups excluding carboxylic acids is 1. The van der Waals surface area contributed by atoms with Crippen molar-refractivity contribution in [1.29, 1.82) is 0 Å². The van der Waals surface area contributed by atoms with Gasteiger partial charge in [-0.1, -0.05) is 42.0 Å². The average Bonchev–Trinajstić information content (AvgIpc) is 3.27. The average molecular weight is 372 g/mol. The lowest BCUT2D eigenvalue weighted by Crippen LogP contribution is -2.22. The fourth-order valence-corrected chi connectivity index (χ4v) is 3.52. The van der Waals surface area contributed by atoms with E-state index in [2.05, 4.69) is 26.3 Å². The molecule has 0 unspecified atom stereocenters. The number of benzene rings is 2. The summed E-state index contributed by atoms with van der Waals surface area (Å²) in [4.78, 5) is 23.5. The van der Waals surface area contributed by atoms with Crippen molar-refractivity contribution in [3.63, 3.8) is 0 Å². The number of amides is 1. The Labute approximate surface area is 165 Å². The molecule has 0 radical (unpaired) electrons. The first-order valence-electron chi connectivity index (χ1n) is 9.70. The van der Waals surface area contributed by atoms with Gasteiger partial charge in [-0.2, -0.15) is 0 Å². The van der Waals surface area contributed by atoms with Crippen LogP contribution >= 0.6 is 0 Å². The standard InChI is InChI=1S/C23H24N4O/c1-17-5-4-6-18(13-17)15-24-23(28)20-9-7-19(8-10-20)21-14-22(26-16-25-21)27-11-2-3-12-27/h4-10,13-14,16H,2-3,11-12,15H2,1H3,(H,24,28). The molecule has 0 aliphatic carbocycles. The van der Waals surface area contributed by atoms with Crippen LogP contribution in [0, 0.1) is 6.92 Å². The number of carbonyl (C=O) groups is 1. The van der Waals surface area contributed by atoms with E-state index in [0.29, 0.717) is 12.1 Å². The zero-order valence-corrected chi connectivity index (χ0v) is 16.1. The van der Waals surface area contributed by atoms with E-state index in [1.165, 1.54) is 18.4 Å². The summed E-state index contributed by atoms with van der Waals surface area (Å²) in [5, 5.41) is 2.98. The lowest BCUT2D eigenvalue weighted by molar-refractivity contribution is 0.0951. The quantitative estimate of drug-likeness (QED) is 0.736. The maximum absolute atomic E-state index is 12.4.